The average molecular weight is 326 g/mol. The first-order chi connectivity index (χ1) is 11.3. The van der Waals surface area contributed by atoms with Gasteiger partial charge in [-0.15, -0.1) is 0 Å². The van der Waals surface area contributed by atoms with Crippen molar-refractivity contribution in [3.05, 3.63) is 54.4 Å². The van der Waals surface area contributed by atoms with E-state index in [2.05, 4.69) is 63.4 Å². The molecule has 2 aromatic rings. The number of benzene rings is 1. The molecule has 0 unspecified atom stereocenters. The Morgan fingerprint density at radius 3 is 2.57 bits per heavy atom. The van der Waals surface area contributed by atoms with Gasteiger partial charge < -0.3 is 15.1 Å². The second-order valence-corrected chi connectivity index (χ2v) is 6.05. The van der Waals surface area contributed by atoms with Crippen molar-refractivity contribution in [3.63, 3.8) is 0 Å². The number of nitrogens with zero attached hydrogens (tertiary/aromatic N) is 3. The van der Waals surface area contributed by atoms with E-state index in [0.29, 0.717) is 0 Å². The minimum absolute atomic E-state index is 0.813. The zero-order valence-corrected chi connectivity index (χ0v) is 14.2. The number of aromatic nitrogens is 1. The molecule has 2 heterocycles. The molecule has 0 amide bonds. The summed E-state index contributed by atoms with van der Waals surface area (Å²) in [5.41, 5.74) is 3.63. The molecule has 0 spiro atoms. The highest BCUT2D eigenvalue weighted by Crippen LogP contribution is 2.16. The van der Waals surface area contributed by atoms with Crippen LogP contribution in [0.15, 0.2) is 48.8 Å². The standard InChI is InChI=1S/C18H22N4S/c1-2-15-4-3-5-16(14-15)20-18(23)22-12-10-21(11-13-22)17-6-8-19-9-7-17/h3-9,14H,2,10-13H2,1H3,(H,20,23). The number of piperazine rings is 1. The summed E-state index contributed by atoms with van der Waals surface area (Å²) < 4.78 is 0. The lowest BCUT2D eigenvalue weighted by atomic mass is 10.1. The summed E-state index contributed by atoms with van der Waals surface area (Å²) in [7, 11) is 0. The Hall–Kier alpha value is -2.14. The highest BCUT2D eigenvalue weighted by Gasteiger charge is 2.19. The predicted molar refractivity (Wildman–Crippen MR) is 100 cm³/mol. The van der Waals surface area contributed by atoms with E-state index in [9.17, 15) is 0 Å². The van der Waals surface area contributed by atoms with Crippen LogP contribution in [-0.4, -0.2) is 41.2 Å². The van der Waals surface area contributed by atoms with Gasteiger partial charge in [0, 0.05) is 49.9 Å². The van der Waals surface area contributed by atoms with Gasteiger partial charge in [0.15, 0.2) is 5.11 Å². The van der Waals surface area contributed by atoms with E-state index in [4.69, 9.17) is 12.2 Å². The molecule has 23 heavy (non-hydrogen) atoms. The van der Waals surface area contributed by atoms with Crippen LogP contribution < -0.4 is 10.2 Å². The molecule has 5 heteroatoms. The van der Waals surface area contributed by atoms with E-state index in [0.717, 1.165) is 43.4 Å². The van der Waals surface area contributed by atoms with Crippen LogP contribution in [-0.2, 0) is 6.42 Å². The molecule has 1 aliphatic heterocycles. The Bertz CT molecular complexity index is 651. The Labute approximate surface area is 143 Å². The minimum Gasteiger partial charge on any atom is -0.368 e. The molecule has 0 saturated carbocycles. The summed E-state index contributed by atoms with van der Waals surface area (Å²) in [6.07, 6.45) is 4.72. The lowest BCUT2D eigenvalue weighted by Crippen LogP contribution is -2.50. The zero-order valence-electron chi connectivity index (χ0n) is 13.4. The van der Waals surface area contributed by atoms with Crippen molar-refractivity contribution >= 4 is 28.7 Å². The smallest absolute Gasteiger partial charge is 0.173 e. The summed E-state index contributed by atoms with van der Waals surface area (Å²) in [4.78, 5) is 8.69. The van der Waals surface area contributed by atoms with Gasteiger partial charge in [-0.25, -0.2) is 0 Å². The first-order valence-electron chi connectivity index (χ1n) is 8.06. The number of thiocarbonyl (C=S) groups is 1. The Kier molecular flexibility index (Phi) is 5.08. The van der Waals surface area contributed by atoms with Gasteiger partial charge in [0.05, 0.1) is 0 Å². The van der Waals surface area contributed by atoms with E-state index in [1.165, 1.54) is 11.3 Å². The van der Waals surface area contributed by atoms with Crippen LogP contribution in [0.5, 0.6) is 0 Å². The second-order valence-electron chi connectivity index (χ2n) is 5.66. The fraction of sp³-hybridized carbons (Fsp3) is 0.333. The maximum absolute atomic E-state index is 5.58. The third-order valence-electron chi connectivity index (χ3n) is 4.18. The Morgan fingerprint density at radius 2 is 1.87 bits per heavy atom. The molecule has 1 fully saturated rings. The van der Waals surface area contributed by atoms with Crippen LogP contribution in [0.1, 0.15) is 12.5 Å². The van der Waals surface area contributed by atoms with Crippen LogP contribution in [0.2, 0.25) is 0 Å². The Morgan fingerprint density at radius 1 is 1.13 bits per heavy atom. The van der Waals surface area contributed by atoms with E-state index < -0.39 is 0 Å². The monoisotopic (exact) mass is 326 g/mol. The highest BCUT2D eigenvalue weighted by atomic mass is 32.1. The van der Waals surface area contributed by atoms with Crippen LogP contribution >= 0.6 is 12.2 Å². The first-order valence-corrected chi connectivity index (χ1v) is 8.47. The molecule has 1 N–H and O–H groups in total. The number of anilines is 2. The number of aryl methyl sites for hydroxylation is 1. The molecular weight excluding hydrogens is 304 g/mol. The third-order valence-corrected chi connectivity index (χ3v) is 4.54. The van der Waals surface area contributed by atoms with E-state index in [1.54, 1.807) is 0 Å². The van der Waals surface area contributed by atoms with Gasteiger partial charge in [0.25, 0.3) is 0 Å². The molecule has 0 aliphatic carbocycles. The van der Waals surface area contributed by atoms with Crippen molar-refractivity contribution in [1.82, 2.24) is 9.88 Å². The van der Waals surface area contributed by atoms with Gasteiger partial charge >= 0.3 is 0 Å². The van der Waals surface area contributed by atoms with Crippen LogP contribution in [0, 0.1) is 0 Å². The van der Waals surface area contributed by atoms with Gasteiger partial charge in [-0.05, 0) is 48.5 Å². The fourth-order valence-electron chi connectivity index (χ4n) is 2.79. The summed E-state index contributed by atoms with van der Waals surface area (Å²) in [6, 6.07) is 12.6. The minimum atomic E-state index is 0.813. The van der Waals surface area contributed by atoms with Gasteiger partial charge in [0.1, 0.15) is 0 Å². The average Bonchev–Trinajstić information content (AvgIpc) is 2.63. The van der Waals surface area contributed by atoms with Gasteiger partial charge in [-0.2, -0.15) is 0 Å². The maximum atomic E-state index is 5.58. The highest BCUT2D eigenvalue weighted by molar-refractivity contribution is 7.80. The molecule has 120 valence electrons. The molecule has 1 aliphatic rings. The second kappa shape index (κ2) is 7.42. The molecule has 3 rings (SSSR count). The van der Waals surface area contributed by atoms with Crippen molar-refractivity contribution < 1.29 is 0 Å². The number of hydrogen-bond donors (Lipinski definition) is 1. The number of nitrogens with one attached hydrogen (secondary N) is 1. The quantitative estimate of drug-likeness (QED) is 0.876. The number of hydrogen-bond acceptors (Lipinski definition) is 3. The Balaban J connectivity index is 1.56. The van der Waals surface area contributed by atoms with Crippen molar-refractivity contribution in [3.8, 4) is 0 Å². The SMILES string of the molecule is CCc1cccc(NC(=S)N2CCN(c3ccncc3)CC2)c1. The molecular formula is C18H22N4S. The van der Waals surface area contributed by atoms with Gasteiger partial charge in [-0.1, -0.05) is 19.1 Å². The molecule has 4 nitrogen and oxygen atoms in total. The summed E-state index contributed by atoms with van der Waals surface area (Å²) in [5.74, 6) is 0. The van der Waals surface area contributed by atoms with Crippen LogP contribution in [0.4, 0.5) is 11.4 Å². The number of pyridine rings is 1. The normalized spacial score (nSPS) is 14.7. The molecule has 1 saturated heterocycles. The lowest BCUT2D eigenvalue weighted by molar-refractivity contribution is 0.391. The molecule has 1 aromatic carbocycles. The van der Waals surface area contributed by atoms with Crippen molar-refractivity contribution in [1.29, 1.82) is 0 Å². The molecule has 0 radical (unpaired) electrons. The zero-order chi connectivity index (χ0) is 16.1. The van der Waals surface area contributed by atoms with Crippen molar-refractivity contribution in [2.45, 2.75) is 13.3 Å². The topological polar surface area (TPSA) is 31.4 Å². The van der Waals surface area contributed by atoms with Gasteiger partial charge in [0.2, 0.25) is 0 Å². The third kappa shape index (κ3) is 3.99. The van der Waals surface area contributed by atoms with Crippen molar-refractivity contribution in [2.75, 3.05) is 36.4 Å². The van der Waals surface area contributed by atoms with E-state index >= 15 is 0 Å². The van der Waals surface area contributed by atoms with E-state index in [-0.39, 0.29) is 0 Å². The largest absolute Gasteiger partial charge is 0.368 e. The van der Waals surface area contributed by atoms with Gasteiger partial charge in [-0.3, -0.25) is 4.98 Å². The number of rotatable bonds is 3. The molecule has 0 atom stereocenters. The summed E-state index contributed by atoms with van der Waals surface area (Å²) in [6.45, 7) is 5.97. The van der Waals surface area contributed by atoms with Crippen LogP contribution in [0.3, 0.4) is 0 Å². The predicted octanol–water partition coefficient (Wildman–Crippen LogP) is 3.16. The molecule has 0 bridgehead atoms. The summed E-state index contributed by atoms with van der Waals surface area (Å²) in [5, 5.41) is 4.18. The lowest BCUT2D eigenvalue weighted by Gasteiger charge is -2.37. The maximum Gasteiger partial charge on any atom is 0.173 e. The van der Waals surface area contributed by atoms with E-state index in [1.807, 2.05) is 12.4 Å². The summed E-state index contributed by atoms with van der Waals surface area (Å²) >= 11 is 5.58. The first kappa shape index (κ1) is 15.7. The fourth-order valence-corrected chi connectivity index (χ4v) is 3.09. The molecule has 1 aromatic heterocycles. The van der Waals surface area contributed by atoms with Crippen LogP contribution in [0.25, 0.3) is 0 Å². The van der Waals surface area contributed by atoms with Crippen molar-refractivity contribution in [2.24, 2.45) is 0 Å².